The number of hydrogen-bond acceptors (Lipinski definition) is 18. The Balaban J connectivity index is 2.36. The van der Waals surface area contributed by atoms with E-state index in [1.807, 2.05) is 0 Å². The third-order valence-electron chi connectivity index (χ3n) is 12.5. The van der Waals surface area contributed by atoms with E-state index in [0.29, 0.717) is 49.1 Å². The second-order valence-electron chi connectivity index (χ2n) is 19.1. The number of carbonyl (C=O) groups excluding carboxylic acids is 11. The molecule has 2 aromatic rings. The highest BCUT2D eigenvalue weighted by atomic mass is 32.2. The van der Waals surface area contributed by atoms with Crippen LogP contribution < -0.4 is 70.4 Å². The van der Waals surface area contributed by atoms with E-state index in [1.165, 1.54) is 18.7 Å². The first-order valence-corrected chi connectivity index (χ1v) is 30.2. The highest BCUT2D eigenvalue weighted by Gasteiger charge is 2.34. The van der Waals surface area contributed by atoms with Crippen LogP contribution in [-0.4, -0.2) is 179 Å². The maximum atomic E-state index is 14.1. The van der Waals surface area contributed by atoms with Crippen molar-refractivity contribution in [2.45, 2.75) is 132 Å². The summed E-state index contributed by atoms with van der Waals surface area (Å²) in [5.41, 5.74) is 18.0. The zero-order valence-corrected chi connectivity index (χ0v) is 50.0. The molecule has 17 N–H and O–H groups in total. The Hall–Kier alpha value is -6.60. The minimum atomic E-state index is -1.54. The van der Waals surface area contributed by atoms with Crippen LogP contribution in [0.3, 0.4) is 0 Å². The van der Waals surface area contributed by atoms with Crippen LogP contribution in [0.15, 0.2) is 60.7 Å². The molecule has 0 bridgehead atoms. The highest BCUT2D eigenvalue weighted by Crippen LogP contribution is 2.11. The van der Waals surface area contributed by atoms with Gasteiger partial charge in [0.15, 0.2) is 0 Å². The molecule has 0 aliphatic carbocycles. The number of nitrogens with two attached hydrogens (primary N) is 3. The van der Waals surface area contributed by atoms with Gasteiger partial charge in [-0.05, 0) is 87.6 Å². The molecule has 460 valence electrons. The van der Waals surface area contributed by atoms with Gasteiger partial charge in [-0.15, -0.1) is 0 Å². The molecule has 0 aromatic heterocycles. The van der Waals surface area contributed by atoms with E-state index in [2.05, 4.69) is 91.1 Å². The number of rotatable bonds is 41. The number of benzene rings is 2. The fourth-order valence-corrected chi connectivity index (χ4v) is 9.20. The van der Waals surface area contributed by atoms with E-state index in [4.69, 9.17) is 17.2 Å². The summed E-state index contributed by atoms with van der Waals surface area (Å²) in [7, 11) is 0. The summed E-state index contributed by atoms with van der Waals surface area (Å²) in [5.74, 6) is -10.5. The van der Waals surface area contributed by atoms with Crippen molar-refractivity contribution in [3.05, 3.63) is 71.8 Å². The summed E-state index contributed by atoms with van der Waals surface area (Å²) in [6.45, 7) is 1.02. The van der Waals surface area contributed by atoms with Crippen molar-refractivity contribution in [3.63, 3.8) is 0 Å². The van der Waals surface area contributed by atoms with Gasteiger partial charge in [0.25, 0.3) is 0 Å². The Morgan fingerprint density at radius 1 is 0.470 bits per heavy atom. The molecule has 0 spiro atoms. The van der Waals surface area contributed by atoms with E-state index in [0.717, 1.165) is 0 Å². The summed E-state index contributed by atoms with van der Waals surface area (Å²) < 4.78 is 0. The molecule has 11 amide bonds. The number of carbonyl (C=O) groups is 12. The van der Waals surface area contributed by atoms with Gasteiger partial charge in [-0.25, -0.2) is 4.79 Å². The number of carboxylic acid groups (broad SMARTS) is 1. The minimum Gasteiger partial charge on any atom is -0.480 e. The van der Waals surface area contributed by atoms with Gasteiger partial charge in [-0.1, -0.05) is 60.7 Å². The first-order chi connectivity index (χ1) is 39.6. The van der Waals surface area contributed by atoms with Crippen molar-refractivity contribution in [3.8, 4) is 0 Å². The van der Waals surface area contributed by atoms with Crippen LogP contribution in [0.25, 0.3) is 0 Å². The molecule has 0 fully saturated rings. The van der Waals surface area contributed by atoms with Crippen LogP contribution in [0.5, 0.6) is 0 Å². The zero-order chi connectivity index (χ0) is 61.9. The Morgan fingerprint density at radius 3 is 1.22 bits per heavy atom. The number of thiol groups is 3. The summed E-state index contributed by atoms with van der Waals surface area (Å²) in [6.07, 6.45) is 2.71. The summed E-state index contributed by atoms with van der Waals surface area (Å²) >= 11 is 13.9. The lowest BCUT2D eigenvalue weighted by atomic mass is 10.0. The first-order valence-electron chi connectivity index (χ1n) is 26.9. The van der Waals surface area contributed by atoms with Gasteiger partial charge in [0.1, 0.15) is 54.4 Å². The monoisotopic (exact) mass is 1240 g/mol. The Bertz CT molecular complexity index is 2460. The lowest BCUT2D eigenvalue weighted by Crippen LogP contribution is -2.60. The second-order valence-corrected chi connectivity index (χ2v) is 21.2. The molecule has 26 nitrogen and oxygen atoms in total. The molecule has 9 atom stereocenters. The van der Waals surface area contributed by atoms with E-state index >= 15 is 0 Å². The molecule has 30 heteroatoms. The molecule has 83 heavy (non-hydrogen) atoms. The third-order valence-corrected chi connectivity index (χ3v) is 14.2. The number of unbranched alkanes of at least 4 members (excludes halogenated alkanes) is 2. The fourth-order valence-electron chi connectivity index (χ4n) is 7.96. The normalized spacial score (nSPS) is 14.2. The largest absolute Gasteiger partial charge is 0.480 e. The number of thioether (sulfide) groups is 1. The van der Waals surface area contributed by atoms with Crippen molar-refractivity contribution >= 4 is 121 Å². The predicted molar refractivity (Wildman–Crippen MR) is 323 cm³/mol. The highest BCUT2D eigenvalue weighted by molar-refractivity contribution is 7.98. The van der Waals surface area contributed by atoms with Crippen molar-refractivity contribution in [2.24, 2.45) is 17.2 Å². The Labute approximate surface area is 503 Å². The summed E-state index contributed by atoms with van der Waals surface area (Å²) in [5, 5.41) is 35.1. The molecule has 0 aliphatic heterocycles. The number of nitrogens with one attached hydrogen (secondary N) is 10. The predicted octanol–water partition coefficient (Wildman–Crippen LogP) is -2.88. The Kier molecular flexibility index (Phi) is 35.5. The number of carboxylic acids is 1. The van der Waals surface area contributed by atoms with Gasteiger partial charge in [-0.3, -0.25) is 52.7 Å². The maximum absolute atomic E-state index is 14.1. The molecule has 0 aliphatic rings. The number of amides is 11. The SMILES string of the molecule is CSCC[C@H](NC(=O)[C@H](CCCCN)NC(=O)[C@H](Cc1ccccc1)NC(=O)CNC(=O)[C@H](Cc1ccccc1)NC(=O)[C@H](CS)NC(=O)[C@H](CCC(N)=O)NC(=O)[C@H](CCCCN)NC(=O)[C@H](CS)NC(=O)[C@H](CS)NC(C)=O)C(=O)O. The van der Waals surface area contributed by atoms with Gasteiger partial charge in [0, 0.05) is 43.4 Å². The third kappa shape index (κ3) is 28.5. The first kappa shape index (κ1) is 72.5. The molecule has 2 rings (SSSR count). The van der Waals surface area contributed by atoms with Crippen LogP contribution in [0.1, 0.15) is 75.8 Å². The molecule has 0 radical (unpaired) electrons. The van der Waals surface area contributed by atoms with Crippen molar-refractivity contribution < 1.29 is 62.6 Å². The van der Waals surface area contributed by atoms with Gasteiger partial charge in [-0.2, -0.15) is 49.6 Å². The second kappa shape index (κ2) is 40.6. The van der Waals surface area contributed by atoms with E-state index < -0.39 is 138 Å². The van der Waals surface area contributed by atoms with Crippen molar-refractivity contribution in [1.82, 2.24) is 53.2 Å². The smallest absolute Gasteiger partial charge is 0.326 e. The number of primary amides is 1. The van der Waals surface area contributed by atoms with Crippen molar-refractivity contribution in [2.75, 3.05) is 48.9 Å². The summed E-state index contributed by atoms with van der Waals surface area (Å²) in [6, 6.07) is 5.19. The van der Waals surface area contributed by atoms with E-state index in [1.54, 1.807) is 66.9 Å². The standard InChI is InChI=1S/C53H81N13O13S4/c1-31(67)58-40(28-80)50(75)66-41(29-81)51(76)61-34(17-9-11-22-54)46(71)62-36(19-20-43(56)68)48(73)65-42(30-82)52(77)64-38(25-32-13-5-3-6-14-32)45(70)57-27-44(69)59-39(26-33-15-7-4-8-16-33)49(74)60-35(18-10-12-23-55)47(72)63-37(53(78)79)21-24-83-2/h3-8,13-16,34-42,80-82H,9-12,17-30,54-55H2,1-2H3,(H2,56,68)(H,57,70)(H,58,67)(H,59,69)(H,60,74)(H,61,76)(H,62,71)(H,63,72)(H,64,77)(H,65,73)(H,66,75)(H,78,79)/t34-,35-,36-,37-,38-,39-,40-,41-,42-/m0/s1. The fraction of sp³-hybridized carbons (Fsp3) is 0.547. The van der Waals surface area contributed by atoms with Gasteiger partial charge in [0.05, 0.1) is 6.54 Å². The number of aliphatic carboxylic acids is 1. The molecule has 2 aromatic carbocycles. The lowest BCUT2D eigenvalue weighted by Gasteiger charge is -2.27. The number of hydrogen-bond donors (Lipinski definition) is 17. The molecular weight excluding hydrogens is 1150 g/mol. The quantitative estimate of drug-likeness (QED) is 0.0235. The van der Waals surface area contributed by atoms with Crippen LogP contribution in [0.4, 0.5) is 0 Å². The zero-order valence-electron chi connectivity index (χ0n) is 46.5. The lowest BCUT2D eigenvalue weighted by molar-refractivity contribution is -0.142. The van der Waals surface area contributed by atoms with Gasteiger partial charge in [0.2, 0.25) is 65.0 Å². The molecule has 0 heterocycles. The molecule has 0 unspecified atom stereocenters. The Morgan fingerprint density at radius 2 is 0.831 bits per heavy atom. The van der Waals surface area contributed by atoms with Gasteiger partial charge >= 0.3 is 5.97 Å². The topological polar surface area (TPSA) is 423 Å². The molecule has 0 saturated heterocycles. The maximum Gasteiger partial charge on any atom is 0.326 e. The van der Waals surface area contributed by atoms with E-state index in [9.17, 15) is 62.6 Å². The summed E-state index contributed by atoms with van der Waals surface area (Å²) in [4.78, 5) is 159. The van der Waals surface area contributed by atoms with Crippen LogP contribution in [0, 0.1) is 0 Å². The van der Waals surface area contributed by atoms with Crippen LogP contribution in [-0.2, 0) is 70.4 Å². The van der Waals surface area contributed by atoms with Crippen LogP contribution in [0.2, 0.25) is 0 Å². The van der Waals surface area contributed by atoms with E-state index in [-0.39, 0.29) is 62.3 Å². The molecule has 0 saturated carbocycles. The van der Waals surface area contributed by atoms with Crippen molar-refractivity contribution in [1.29, 1.82) is 0 Å². The van der Waals surface area contributed by atoms with Gasteiger partial charge < -0.3 is 75.5 Å². The molecular formula is C53H81N13O13S4. The average Bonchev–Trinajstić information content (AvgIpc) is 3.46. The van der Waals surface area contributed by atoms with Crippen LogP contribution >= 0.6 is 49.6 Å². The minimum absolute atomic E-state index is 0.00229. The average molecular weight is 1240 g/mol.